The molecule has 0 aliphatic carbocycles. The Morgan fingerprint density at radius 3 is 2.55 bits per heavy atom. The van der Waals surface area contributed by atoms with Crippen LogP contribution in [0, 0.1) is 0 Å². The average Bonchev–Trinajstić information content (AvgIpc) is 3.25. The van der Waals surface area contributed by atoms with E-state index in [0.29, 0.717) is 26.6 Å². The zero-order valence-corrected chi connectivity index (χ0v) is 20.9. The van der Waals surface area contributed by atoms with E-state index in [0.717, 1.165) is 15.7 Å². The van der Waals surface area contributed by atoms with Crippen LogP contribution in [0.1, 0.15) is 5.56 Å². The molecular formula is C23H16BrCl2N5OS. The number of nitrogens with one attached hydrogen (secondary N) is 1. The van der Waals surface area contributed by atoms with Crippen molar-refractivity contribution in [3.63, 3.8) is 0 Å². The Hall–Kier alpha value is -2.65. The van der Waals surface area contributed by atoms with E-state index >= 15 is 0 Å². The molecule has 33 heavy (non-hydrogen) atoms. The first-order chi connectivity index (χ1) is 16.0. The summed E-state index contributed by atoms with van der Waals surface area (Å²) in [5, 5.41) is 14.1. The highest BCUT2D eigenvalue weighted by molar-refractivity contribution is 9.10. The molecule has 0 aliphatic heterocycles. The summed E-state index contributed by atoms with van der Waals surface area (Å²) in [4.78, 5) is 12.4. The molecule has 6 nitrogen and oxygen atoms in total. The van der Waals surface area contributed by atoms with Crippen LogP contribution in [0.2, 0.25) is 10.0 Å². The number of amides is 1. The van der Waals surface area contributed by atoms with Gasteiger partial charge in [-0.3, -0.25) is 9.36 Å². The van der Waals surface area contributed by atoms with Gasteiger partial charge in [0.15, 0.2) is 11.0 Å². The van der Waals surface area contributed by atoms with Crippen LogP contribution < -0.4 is 5.43 Å². The largest absolute Gasteiger partial charge is 0.272 e. The molecule has 166 valence electrons. The van der Waals surface area contributed by atoms with Gasteiger partial charge < -0.3 is 0 Å². The van der Waals surface area contributed by atoms with Crippen molar-refractivity contribution in [3.05, 3.63) is 92.9 Å². The second-order valence-electron chi connectivity index (χ2n) is 6.71. The van der Waals surface area contributed by atoms with Gasteiger partial charge >= 0.3 is 0 Å². The Morgan fingerprint density at radius 1 is 1.03 bits per heavy atom. The molecule has 0 unspecified atom stereocenters. The molecule has 0 radical (unpaired) electrons. The van der Waals surface area contributed by atoms with Crippen LogP contribution in [-0.2, 0) is 4.79 Å². The van der Waals surface area contributed by atoms with Gasteiger partial charge in [0.1, 0.15) is 0 Å². The van der Waals surface area contributed by atoms with E-state index in [1.165, 1.54) is 18.0 Å². The van der Waals surface area contributed by atoms with Crippen molar-refractivity contribution in [1.29, 1.82) is 0 Å². The van der Waals surface area contributed by atoms with Crippen LogP contribution in [-0.4, -0.2) is 32.6 Å². The molecule has 0 spiro atoms. The third kappa shape index (κ3) is 5.83. The number of nitrogens with zero attached hydrogens (tertiary/aromatic N) is 4. The number of carbonyl (C=O) groups excluding carboxylic acids is 1. The van der Waals surface area contributed by atoms with Crippen LogP contribution in [0.3, 0.4) is 0 Å². The first kappa shape index (κ1) is 23.5. The maximum atomic E-state index is 12.4. The summed E-state index contributed by atoms with van der Waals surface area (Å²) >= 11 is 16.8. The third-order valence-electron chi connectivity index (χ3n) is 4.46. The summed E-state index contributed by atoms with van der Waals surface area (Å²) < 4.78 is 2.89. The summed E-state index contributed by atoms with van der Waals surface area (Å²) in [5.41, 5.74) is 4.92. The number of hydrogen-bond acceptors (Lipinski definition) is 5. The number of halogens is 3. The van der Waals surface area contributed by atoms with E-state index in [2.05, 4.69) is 36.7 Å². The number of benzene rings is 3. The molecule has 0 saturated heterocycles. The summed E-state index contributed by atoms with van der Waals surface area (Å²) in [6, 6.07) is 22.8. The molecule has 1 aromatic heterocycles. The minimum absolute atomic E-state index is 0.101. The normalized spacial score (nSPS) is 11.1. The Bertz CT molecular complexity index is 1300. The summed E-state index contributed by atoms with van der Waals surface area (Å²) in [5.74, 6) is 0.500. The molecule has 0 aliphatic rings. The van der Waals surface area contributed by atoms with Crippen molar-refractivity contribution in [3.8, 4) is 17.1 Å². The lowest BCUT2D eigenvalue weighted by atomic mass is 10.2. The zero-order chi connectivity index (χ0) is 23.2. The van der Waals surface area contributed by atoms with E-state index < -0.39 is 0 Å². The number of thioether (sulfide) groups is 1. The van der Waals surface area contributed by atoms with E-state index in [9.17, 15) is 4.79 Å². The lowest BCUT2D eigenvalue weighted by Gasteiger charge is -2.10. The quantitative estimate of drug-likeness (QED) is 0.165. The fourth-order valence-corrected chi connectivity index (χ4v) is 4.28. The van der Waals surface area contributed by atoms with E-state index in [-0.39, 0.29) is 11.7 Å². The number of hydrazone groups is 1. The van der Waals surface area contributed by atoms with Crippen molar-refractivity contribution in [2.75, 3.05) is 5.75 Å². The smallest absolute Gasteiger partial charge is 0.250 e. The van der Waals surface area contributed by atoms with Gasteiger partial charge in [-0.1, -0.05) is 93.4 Å². The van der Waals surface area contributed by atoms with Gasteiger partial charge in [-0.15, -0.1) is 10.2 Å². The van der Waals surface area contributed by atoms with Crippen molar-refractivity contribution in [2.24, 2.45) is 5.10 Å². The highest BCUT2D eigenvalue weighted by atomic mass is 79.9. The Labute approximate surface area is 213 Å². The minimum Gasteiger partial charge on any atom is -0.272 e. The Morgan fingerprint density at radius 2 is 1.79 bits per heavy atom. The summed E-state index contributed by atoms with van der Waals surface area (Å²) in [6.07, 6.45) is 1.45. The molecule has 1 N–H and O–H groups in total. The first-order valence-electron chi connectivity index (χ1n) is 9.68. The molecule has 1 heterocycles. The van der Waals surface area contributed by atoms with Crippen LogP contribution in [0.25, 0.3) is 17.1 Å². The maximum Gasteiger partial charge on any atom is 0.250 e. The second-order valence-corrected chi connectivity index (χ2v) is 9.35. The lowest BCUT2D eigenvalue weighted by Crippen LogP contribution is -2.20. The van der Waals surface area contributed by atoms with Gasteiger partial charge in [0.2, 0.25) is 0 Å². The van der Waals surface area contributed by atoms with Crippen molar-refractivity contribution >= 4 is 63.0 Å². The monoisotopic (exact) mass is 559 g/mol. The van der Waals surface area contributed by atoms with Crippen molar-refractivity contribution in [1.82, 2.24) is 20.2 Å². The zero-order valence-electron chi connectivity index (χ0n) is 17.0. The Kier molecular flexibility index (Phi) is 7.82. The fourth-order valence-electron chi connectivity index (χ4n) is 2.92. The number of carbonyl (C=O) groups is 1. The maximum absolute atomic E-state index is 12.4. The molecule has 0 atom stereocenters. The average molecular weight is 561 g/mol. The van der Waals surface area contributed by atoms with Gasteiger partial charge in [-0.25, -0.2) is 5.43 Å². The fraction of sp³-hybridized carbons (Fsp3) is 0.0435. The van der Waals surface area contributed by atoms with E-state index in [1.807, 2.05) is 59.2 Å². The standard InChI is InChI=1S/C23H16BrCl2N5OS/c24-17-9-11-18(12-10-17)31-22(15-5-2-1-3-6-15)29-30-23(31)33-14-20(32)28-27-13-16-7-4-8-19(25)21(16)26/h1-13H,14H2,(H,28,32)/b27-13+. The predicted octanol–water partition coefficient (Wildman–Crippen LogP) is 6.25. The number of aromatic nitrogens is 3. The predicted molar refractivity (Wildman–Crippen MR) is 137 cm³/mol. The summed E-state index contributed by atoms with van der Waals surface area (Å²) in [7, 11) is 0. The molecule has 4 rings (SSSR count). The van der Waals surface area contributed by atoms with Gasteiger partial charge in [-0.2, -0.15) is 5.10 Å². The molecule has 4 aromatic rings. The van der Waals surface area contributed by atoms with Crippen molar-refractivity contribution < 1.29 is 4.79 Å². The van der Waals surface area contributed by atoms with E-state index in [1.54, 1.807) is 18.2 Å². The molecule has 0 fully saturated rings. The highest BCUT2D eigenvalue weighted by Crippen LogP contribution is 2.28. The Balaban J connectivity index is 1.50. The van der Waals surface area contributed by atoms with Gasteiger partial charge in [-0.05, 0) is 30.3 Å². The second kappa shape index (κ2) is 11.0. The van der Waals surface area contributed by atoms with Crippen LogP contribution in [0.15, 0.2) is 87.5 Å². The molecule has 3 aromatic carbocycles. The number of hydrogen-bond donors (Lipinski definition) is 1. The first-order valence-corrected chi connectivity index (χ1v) is 12.2. The van der Waals surface area contributed by atoms with Gasteiger partial charge in [0.25, 0.3) is 5.91 Å². The van der Waals surface area contributed by atoms with Crippen LogP contribution >= 0.6 is 50.9 Å². The third-order valence-corrected chi connectivity index (χ3v) is 6.75. The molecule has 0 saturated carbocycles. The molecule has 1 amide bonds. The SMILES string of the molecule is O=C(CSc1nnc(-c2ccccc2)n1-c1ccc(Br)cc1)N/N=C/c1cccc(Cl)c1Cl. The van der Waals surface area contributed by atoms with Gasteiger partial charge in [0, 0.05) is 21.3 Å². The summed E-state index contributed by atoms with van der Waals surface area (Å²) in [6.45, 7) is 0. The van der Waals surface area contributed by atoms with Crippen LogP contribution in [0.4, 0.5) is 0 Å². The number of rotatable bonds is 7. The molecule has 0 bridgehead atoms. The van der Waals surface area contributed by atoms with E-state index in [4.69, 9.17) is 23.2 Å². The van der Waals surface area contributed by atoms with Crippen molar-refractivity contribution in [2.45, 2.75) is 5.16 Å². The van der Waals surface area contributed by atoms with Crippen LogP contribution in [0.5, 0.6) is 0 Å². The molecular weight excluding hydrogens is 545 g/mol. The lowest BCUT2D eigenvalue weighted by molar-refractivity contribution is -0.118. The topological polar surface area (TPSA) is 72.2 Å². The molecule has 10 heteroatoms. The van der Waals surface area contributed by atoms with Gasteiger partial charge in [0.05, 0.1) is 22.0 Å². The highest BCUT2D eigenvalue weighted by Gasteiger charge is 2.17. The minimum atomic E-state index is -0.291.